The Labute approximate surface area is 126 Å². The van der Waals surface area contributed by atoms with Crippen molar-refractivity contribution in [3.63, 3.8) is 0 Å². The Hall–Kier alpha value is -1.91. The van der Waals surface area contributed by atoms with Crippen LogP contribution in [-0.2, 0) is 17.7 Å². The maximum atomic E-state index is 5.73. The second-order valence-electron chi connectivity index (χ2n) is 4.73. The Balaban J connectivity index is 1.69. The first-order valence-corrected chi connectivity index (χ1v) is 7.20. The lowest BCUT2D eigenvalue weighted by molar-refractivity contribution is 0.199. The molecule has 0 radical (unpaired) electrons. The summed E-state index contributed by atoms with van der Waals surface area (Å²) in [5, 5.41) is 3.31. The summed E-state index contributed by atoms with van der Waals surface area (Å²) in [5.41, 5.74) is 2.29. The van der Waals surface area contributed by atoms with Crippen LogP contribution in [0.3, 0.4) is 0 Å². The molecule has 0 spiro atoms. The molecule has 1 aromatic heterocycles. The Morgan fingerprint density at radius 3 is 2.62 bits per heavy atom. The van der Waals surface area contributed by atoms with E-state index in [2.05, 4.69) is 22.4 Å². The van der Waals surface area contributed by atoms with Crippen molar-refractivity contribution < 1.29 is 9.47 Å². The molecular formula is C17H22N2O2. The van der Waals surface area contributed by atoms with E-state index in [1.54, 1.807) is 13.3 Å². The van der Waals surface area contributed by atoms with Crippen LogP contribution < -0.4 is 10.1 Å². The van der Waals surface area contributed by atoms with Gasteiger partial charge < -0.3 is 14.8 Å². The minimum Gasteiger partial charge on any atom is -0.493 e. The number of benzene rings is 1. The van der Waals surface area contributed by atoms with Gasteiger partial charge in [-0.05, 0) is 29.8 Å². The minimum atomic E-state index is 0.641. The molecule has 21 heavy (non-hydrogen) atoms. The van der Waals surface area contributed by atoms with Crippen molar-refractivity contribution in [2.24, 2.45) is 0 Å². The lowest BCUT2D eigenvalue weighted by Crippen LogP contribution is -2.18. The number of aromatic nitrogens is 1. The van der Waals surface area contributed by atoms with E-state index in [1.807, 2.05) is 30.3 Å². The Kier molecular flexibility index (Phi) is 6.71. The first-order valence-electron chi connectivity index (χ1n) is 7.20. The van der Waals surface area contributed by atoms with Gasteiger partial charge in [0, 0.05) is 38.5 Å². The smallest absolute Gasteiger partial charge is 0.119 e. The van der Waals surface area contributed by atoms with Crippen molar-refractivity contribution in [1.82, 2.24) is 10.3 Å². The van der Waals surface area contributed by atoms with Crippen molar-refractivity contribution in [2.45, 2.75) is 13.0 Å². The molecule has 2 aromatic rings. The predicted molar refractivity (Wildman–Crippen MR) is 83.5 cm³/mol. The van der Waals surface area contributed by atoms with Crippen LogP contribution in [0.15, 0.2) is 48.7 Å². The Bertz CT molecular complexity index is 500. The zero-order chi connectivity index (χ0) is 14.8. The van der Waals surface area contributed by atoms with Gasteiger partial charge in [-0.3, -0.25) is 4.98 Å². The molecule has 0 bridgehead atoms. The number of ether oxygens (including phenoxy) is 2. The summed E-state index contributed by atoms with van der Waals surface area (Å²) in [6.07, 6.45) is 2.63. The summed E-state index contributed by atoms with van der Waals surface area (Å²) in [5.74, 6) is 0.895. The lowest BCUT2D eigenvalue weighted by Gasteiger charge is -2.08. The molecular weight excluding hydrogens is 264 g/mol. The highest BCUT2D eigenvalue weighted by molar-refractivity contribution is 5.27. The van der Waals surface area contributed by atoms with Gasteiger partial charge in [-0.1, -0.05) is 18.2 Å². The number of methoxy groups -OCH3 is 1. The van der Waals surface area contributed by atoms with Gasteiger partial charge in [-0.25, -0.2) is 0 Å². The maximum absolute atomic E-state index is 5.73. The standard InChI is InChI=1S/C17H22N2O2/c1-20-13-11-18-14-15-5-7-17(8-6-15)21-12-9-16-4-2-3-10-19-16/h2-8,10,18H,9,11-14H2,1H3. The topological polar surface area (TPSA) is 43.4 Å². The van der Waals surface area contributed by atoms with Crippen molar-refractivity contribution >= 4 is 0 Å². The highest BCUT2D eigenvalue weighted by Crippen LogP contribution is 2.12. The van der Waals surface area contributed by atoms with E-state index >= 15 is 0 Å². The van der Waals surface area contributed by atoms with E-state index in [1.165, 1.54) is 5.56 Å². The zero-order valence-corrected chi connectivity index (χ0v) is 12.4. The molecule has 4 heteroatoms. The van der Waals surface area contributed by atoms with Crippen LogP contribution in [0.5, 0.6) is 5.75 Å². The Morgan fingerprint density at radius 2 is 1.90 bits per heavy atom. The van der Waals surface area contributed by atoms with Crippen LogP contribution in [0, 0.1) is 0 Å². The van der Waals surface area contributed by atoms with Gasteiger partial charge in [0.05, 0.1) is 13.2 Å². The van der Waals surface area contributed by atoms with Gasteiger partial charge >= 0.3 is 0 Å². The zero-order valence-electron chi connectivity index (χ0n) is 12.4. The fourth-order valence-electron chi connectivity index (χ4n) is 1.93. The van der Waals surface area contributed by atoms with Crippen molar-refractivity contribution in [3.8, 4) is 5.75 Å². The molecule has 0 fully saturated rings. The van der Waals surface area contributed by atoms with Crippen LogP contribution in [0.2, 0.25) is 0 Å². The van der Waals surface area contributed by atoms with Crippen molar-refractivity contribution in [2.75, 3.05) is 26.9 Å². The monoisotopic (exact) mass is 286 g/mol. The molecule has 112 valence electrons. The largest absolute Gasteiger partial charge is 0.493 e. The highest BCUT2D eigenvalue weighted by Gasteiger charge is 1.97. The summed E-state index contributed by atoms with van der Waals surface area (Å²) >= 11 is 0. The predicted octanol–water partition coefficient (Wildman–Crippen LogP) is 2.44. The first-order chi connectivity index (χ1) is 10.4. The molecule has 0 amide bonds. The van der Waals surface area contributed by atoms with Gasteiger partial charge in [0.25, 0.3) is 0 Å². The molecule has 0 aliphatic heterocycles. The van der Waals surface area contributed by atoms with Gasteiger partial charge in [-0.15, -0.1) is 0 Å². The van der Waals surface area contributed by atoms with Crippen molar-refractivity contribution in [1.29, 1.82) is 0 Å². The van der Waals surface area contributed by atoms with Gasteiger partial charge in [-0.2, -0.15) is 0 Å². The molecule has 2 rings (SSSR count). The van der Waals surface area contributed by atoms with Gasteiger partial charge in [0.2, 0.25) is 0 Å². The molecule has 0 atom stereocenters. The van der Waals surface area contributed by atoms with Crippen LogP contribution in [0.4, 0.5) is 0 Å². The molecule has 0 unspecified atom stereocenters. The second kappa shape index (κ2) is 9.10. The summed E-state index contributed by atoms with van der Waals surface area (Å²) in [4.78, 5) is 4.27. The van der Waals surface area contributed by atoms with Crippen LogP contribution in [0.1, 0.15) is 11.3 Å². The average molecular weight is 286 g/mol. The number of pyridine rings is 1. The normalized spacial score (nSPS) is 10.5. The van der Waals surface area contributed by atoms with Gasteiger partial charge in [0.1, 0.15) is 5.75 Å². The van der Waals surface area contributed by atoms with Gasteiger partial charge in [0.15, 0.2) is 0 Å². The molecule has 0 saturated heterocycles. The second-order valence-corrected chi connectivity index (χ2v) is 4.73. The summed E-state index contributed by atoms with van der Waals surface area (Å²) in [7, 11) is 1.71. The highest BCUT2D eigenvalue weighted by atomic mass is 16.5. The van der Waals surface area contributed by atoms with Crippen LogP contribution >= 0.6 is 0 Å². The Morgan fingerprint density at radius 1 is 1.05 bits per heavy atom. The quantitative estimate of drug-likeness (QED) is 0.719. The van der Waals surface area contributed by atoms with E-state index in [0.717, 1.165) is 37.6 Å². The lowest BCUT2D eigenvalue weighted by atomic mass is 10.2. The molecule has 1 N–H and O–H groups in total. The summed E-state index contributed by atoms with van der Waals surface area (Å²) in [6.45, 7) is 3.08. The SMILES string of the molecule is COCCNCc1ccc(OCCc2ccccn2)cc1. The number of rotatable bonds is 9. The van der Waals surface area contributed by atoms with E-state index in [4.69, 9.17) is 9.47 Å². The van der Waals surface area contributed by atoms with Crippen LogP contribution in [0.25, 0.3) is 0 Å². The molecule has 1 heterocycles. The third kappa shape index (κ3) is 5.94. The molecule has 0 aliphatic carbocycles. The van der Waals surface area contributed by atoms with E-state index in [-0.39, 0.29) is 0 Å². The van der Waals surface area contributed by atoms with E-state index < -0.39 is 0 Å². The fraction of sp³-hybridized carbons (Fsp3) is 0.353. The maximum Gasteiger partial charge on any atom is 0.119 e. The number of nitrogens with one attached hydrogen (secondary N) is 1. The van der Waals surface area contributed by atoms with E-state index in [9.17, 15) is 0 Å². The van der Waals surface area contributed by atoms with Crippen molar-refractivity contribution in [3.05, 3.63) is 59.9 Å². The fourth-order valence-corrected chi connectivity index (χ4v) is 1.93. The molecule has 0 aliphatic rings. The number of nitrogens with zero attached hydrogens (tertiary/aromatic N) is 1. The molecule has 4 nitrogen and oxygen atoms in total. The number of hydrogen-bond acceptors (Lipinski definition) is 4. The average Bonchev–Trinajstić information content (AvgIpc) is 2.54. The minimum absolute atomic E-state index is 0.641. The first kappa shape index (κ1) is 15.5. The molecule has 1 aromatic carbocycles. The number of hydrogen-bond donors (Lipinski definition) is 1. The van der Waals surface area contributed by atoms with E-state index in [0.29, 0.717) is 6.61 Å². The third-order valence-electron chi connectivity index (χ3n) is 3.09. The summed E-state index contributed by atoms with van der Waals surface area (Å²) < 4.78 is 10.7. The van der Waals surface area contributed by atoms with Crippen LogP contribution in [-0.4, -0.2) is 31.9 Å². The summed E-state index contributed by atoms with van der Waals surface area (Å²) in [6, 6.07) is 14.1. The molecule has 0 saturated carbocycles. The third-order valence-corrected chi connectivity index (χ3v) is 3.09.